The summed E-state index contributed by atoms with van der Waals surface area (Å²) in [6.07, 6.45) is 0.898. The van der Waals surface area contributed by atoms with Gasteiger partial charge in [0.15, 0.2) is 6.29 Å². The van der Waals surface area contributed by atoms with Crippen LogP contribution < -0.4 is 0 Å². The van der Waals surface area contributed by atoms with Gasteiger partial charge in [-0.05, 0) is 98.9 Å². The normalized spacial score (nSPS) is 44.9. The van der Waals surface area contributed by atoms with Gasteiger partial charge in [-0.2, -0.15) is 0 Å². The molecule has 0 unspecified atom stereocenters. The van der Waals surface area contributed by atoms with Crippen molar-refractivity contribution in [1.82, 2.24) is 0 Å². The number of fused-ring (bicyclic) bond motifs is 4. The molecule has 9 heteroatoms. The van der Waals surface area contributed by atoms with Crippen molar-refractivity contribution in [3.8, 4) is 0 Å². The molecule has 0 spiro atoms. The zero-order chi connectivity index (χ0) is 33.3. The smallest absolute Gasteiger partial charge is 0.306 e. The lowest BCUT2D eigenvalue weighted by atomic mass is 9.43. The average Bonchev–Trinajstić information content (AvgIpc) is 3.24. The minimum Gasteiger partial charge on any atom is -0.481 e. The largest absolute Gasteiger partial charge is 0.481 e. The molecular formula is C36H56O9. The fourth-order valence-corrected chi connectivity index (χ4v) is 10.6. The van der Waals surface area contributed by atoms with Crippen LogP contribution in [-0.2, 0) is 19.1 Å². The number of ether oxygens (including phenoxy) is 2. The van der Waals surface area contributed by atoms with Gasteiger partial charge in [-0.1, -0.05) is 51.8 Å². The molecule has 3 fully saturated rings. The summed E-state index contributed by atoms with van der Waals surface area (Å²) in [6.45, 7) is 14.4. The summed E-state index contributed by atoms with van der Waals surface area (Å²) in [5.74, 6) is -1.04. The lowest BCUT2D eigenvalue weighted by Gasteiger charge is -2.62. The lowest BCUT2D eigenvalue weighted by molar-refractivity contribution is -0.312. The van der Waals surface area contributed by atoms with Crippen LogP contribution in [0, 0.1) is 39.4 Å². The number of Topliss-reactive ketones (excluding diaryl/α,β-unsaturated/α-hetero) is 1. The van der Waals surface area contributed by atoms with Crippen LogP contribution in [0.2, 0.25) is 0 Å². The Morgan fingerprint density at radius 2 is 1.71 bits per heavy atom. The predicted molar refractivity (Wildman–Crippen MR) is 168 cm³/mol. The fraction of sp³-hybridized carbons (Fsp3) is 0.833. The summed E-state index contributed by atoms with van der Waals surface area (Å²) < 4.78 is 12.6. The Kier molecular flexibility index (Phi) is 9.35. The molecule has 254 valence electrons. The third kappa shape index (κ3) is 5.38. The van der Waals surface area contributed by atoms with E-state index in [1.165, 1.54) is 11.1 Å². The molecular weight excluding hydrogens is 576 g/mol. The molecule has 0 bridgehead atoms. The van der Waals surface area contributed by atoms with Gasteiger partial charge in [-0.25, -0.2) is 0 Å². The first-order valence-electron chi connectivity index (χ1n) is 17.0. The van der Waals surface area contributed by atoms with E-state index in [2.05, 4.69) is 26.8 Å². The topological polar surface area (TPSA) is 154 Å². The van der Waals surface area contributed by atoms with Crippen molar-refractivity contribution in [3.05, 3.63) is 22.8 Å². The zero-order valence-corrected chi connectivity index (χ0v) is 28.2. The molecule has 45 heavy (non-hydrogen) atoms. The number of hydrogen-bond donors (Lipinski definition) is 5. The van der Waals surface area contributed by atoms with Crippen LogP contribution >= 0.6 is 0 Å². The molecule has 0 amide bonds. The number of aliphatic carboxylic acids is 1. The van der Waals surface area contributed by atoms with Gasteiger partial charge in [0, 0.05) is 11.8 Å². The van der Waals surface area contributed by atoms with E-state index < -0.39 is 66.1 Å². The number of carbonyl (C=O) groups excluding carboxylic acids is 1. The van der Waals surface area contributed by atoms with Crippen molar-refractivity contribution in [2.45, 2.75) is 143 Å². The van der Waals surface area contributed by atoms with Gasteiger partial charge in [-0.3, -0.25) is 9.59 Å². The maximum absolute atomic E-state index is 13.3. The summed E-state index contributed by atoms with van der Waals surface area (Å²) in [5, 5.41) is 52.3. The van der Waals surface area contributed by atoms with Crippen molar-refractivity contribution >= 4 is 11.8 Å². The Bertz CT molecular complexity index is 1230. The number of ketones is 1. The monoisotopic (exact) mass is 632 g/mol. The Morgan fingerprint density at radius 1 is 1.02 bits per heavy atom. The molecule has 1 saturated heterocycles. The van der Waals surface area contributed by atoms with Gasteiger partial charge < -0.3 is 35.0 Å². The minimum absolute atomic E-state index is 0.0255. The maximum atomic E-state index is 13.3. The van der Waals surface area contributed by atoms with Crippen LogP contribution in [0.15, 0.2) is 22.8 Å². The van der Waals surface area contributed by atoms with Gasteiger partial charge >= 0.3 is 5.97 Å². The lowest BCUT2D eigenvalue weighted by Crippen LogP contribution is -2.61. The molecule has 1 aliphatic heterocycles. The third-order valence-corrected chi connectivity index (χ3v) is 13.5. The molecule has 0 aromatic carbocycles. The van der Waals surface area contributed by atoms with E-state index in [1.807, 2.05) is 27.7 Å². The Hall–Kier alpha value is -1.62. The summed E-state index contributed by atoms with van der Waals surface area (Å²) >= 11 is 0. The van der Waals surface area contributed by atoms with Crippen molar-refractivity contribution in [2.75, 3.05) is 6.61 Å². The molecule has 4 aliphatic carbocycles. The number of carboxylic acid groups (broad SMARTS) is 1. The van der Waals surface area contributed by atoms with E-state index in [0.29, 0.717) is 19.3 Å². The number of rotatable bonds is 8. The highest BCUT2D eigenvalue weighted by Crippen LogP contribution is 2.72. The molecule has 0 radical (unpaired) electrons. The predicted octanol–water partition coefficient (Wildman–Crippen LogP) is 4.55. The number of aliphatic hydroxyl groups is 4. The molecule has 1 heterocycles. The summed E-state index contributed by atoms with van der Waals surface area (Å²) in [6, 6.07) is 0. The standard InChI is InChI=1S/C36H56O9/c1-19(2)9-8-10-20(31(42)43)21-11-16-36(7)27-22(12-15-35(21,36)6)34(5)14-13-26(38)33(3,4)25(34)17-23(27)44-32-30(41)29(40)28(39)24(18-37)45-32/h9,20-21,23-25,28-30,32,37,39-41H,8,10-18H2,1-7H3,(H,42,43)/t20-,21-,23+,24-,25+,28-,29+,30-,32-,34-,35-,36+/m1/s1. The van der Waals surface area contributed by atoms with Crippen LogP contribution in [0.25, 0.3) is 0 Å². The van der Waals surface area contributed by atoms with E-state index in [4.69, 9.17) is 9.47 Å². The van der Waals surface area contributed by atoms with Crippen molar-refractivity contribution < 1.29 is 44.6 Å². The fourth-order valence-electron chi connectivity index (χ4n) is 10.6. The van der Waals surface area contributed by atoms with Crippen LogP contribution in [0.4, 0.5) is 0 Å². The number of carboxylic acids is 1. The first-order valence-corrected chi connectivity index (χ1v) is 17.0. The first kappa shape index (κ1) is 34.7. The Morgan fingerprint density at radius 3 is 2.33 bits per heavy atom. The SMILES string of the molecule is CC(C)=CCC[C@@H](C(=O)O)[C@H]1CC[C@@]2(C)C3=C(CC[C@]12C)[C@@]1(C)CCC(=O)C(C)(C)[C@@H]1C[C@@H]3O[C@@H]1O[C@H](CO)[C@@H](O)[C@H](O)[C@H]1O. The van der Waals surface area contributed by atoms with Gasteiger partial charge in [-0.15, -0.1) is 0 Å². The second-order valence-electron chi connectivity index (χ2n) is 16.3. The van der Waals surface area contributed by atoms with Gasteiger partial charge in [0.1, 0.15) is 30.2 Å². The molecule has 5 aliphatic rings. The van der Waals surface area contributed by atoms with Crippen LogP contribution in [0.3, 0.4) is 0 Å². The number of hydrogen-bond acceptors (Lipinski definition) is 8. The molecule has 0 aromatic heterocycles. The highest BCUT2D eigenvalue weighted by Gasteiger charge is 2.66. The van der Waals surface area contributed by atoms with Crippen molar-refractivity contribution in [1.29, 1.82) is 0 Å². The van der Waals surface area contributed by atoms with E-state index in [-0.39, 0.29) is 28.4 Å². The molecule has 12 atom stereocenters. The molecule has 5 N–H and O–H groups in total. The van der Waals surface area contributed by atoms with E-state index in [0.717, 1.165) is 44.1 Å². The third-order valence-electron chi connectivity index (χ3n) is 13.5. The highest BCUT2D eigenvalue weighted by molar-refractivity contribution is 5.86. The molecule has 2 saturated carbocycles. The maximum Gasteiger partial charge on any atom is 0.306 e. The quantitative estimate of drug-likeness (QED) is 0.243. The summed E-state index contributed by atoms with van der Waals surface area (Å²) in [5.41, 5.74) is 2.08. The summed E-state index contributed by atoms with van der Waals surface area (Å²) in [7, 11) is 0. The second-order valence-corrected chi connectivity index (χ2v) is 16.3. The number of carbonyl (C=O) groups is 2. The Balaban J connectivity index is 1.59. The van der Waals surface area contributed by atoms with Crippen LogP contribution in [-0.4, -0.2) is 80.7 Å². The first-order chi connectivity index (χ1) is 20.9. The average molecular weight is 633 g/mol. The zero-order valence-electron chi connectivity index (χ0n) is 28.2. The van der Waals surface area contributed by atoms with Crippen LogP contribution in [0.1, 0.15) is 106 Å². The number of allylic oxidation sites excluding steroid dienone is 3. The highest BCUT2D eigenvalue weighted by atomic mass is 16.7. The molecule has 5 rings (SSSR count). The van der Waals surface area contributed by atoms with Crippen molar-refractivity contribution in [3.63, 3.8) is 0 Å². The molecule has 9 nitrogen and oxygen atoms in total. The van der Waals surface area contributed by atoms with Crippen LogP contribution in [0.5, 0.6) is 0 Å². The van der Waals surface area contributed by atoms with Gasteiger partial charge in [0.05, 0.1) is 18.6 Å². The summed E-state index contributed by atoms with van der Waals surface area (Å²) in [4.78, 5) is 26.1. The minimum atomic E-state index is -1.56. The molecule has 0 aromatic rings. The van der Waals surface area contributed by atoms with Crippen molar-refractivity contribution in [2.24, 2.45) is 39.4 Å². The van der Waals surface area contributed by atoms with E-state index >= 15 is 0 Å². The van der Waals surface area contributed by atoms with Gasteiger partial charge in [0.2, 0.25) is 0 Å². The second kappa shape index (κ2) is 12.1. The Labute approximate surface area is 268 Å². The van der Waals surface area contributed by atoms with E-state index in [1.54, 1.807) is 0 Å². The van der Waals surface area contributed by atoms with E-state index in [9.17, 15) is 35.1 Å². The van der Waals surface area contributed by atoms with Gasteiger partial charge in [0.25, 0.3) is 0 Å². The number of aliphatic hydroxyl groups excluding tert-OH is 4.